The monoisotopic (exact) mass is 448 g/mol. The van der Waals surface area contributed by atoms with Crippen molar-refractivity contribution in [2.75, 3.05) is 19.8 Å². The van der Waals surface area contributed by atoms with Gasteiger partial charge in [0.05, 0.1) is 29.2 Å². The molecule has 0 bridgehead atoms. The summed E-state index contributed by atoms with van der Waals surface area (Å²) in [6.07, 6.45) is 9.59. The number of hydrogen-bond acceptors (Lipinski definition) is 6. The minimum absolute atomic E-state index is 0.0371. The summed E-state index contributed by atoms with van der Waals surface area (Å²) in [7, 11) is 0. The maximum atomic E-state index is 14.0. The Morgan fingerprint density at radius 2 is 1.90 bits per heavy atom. The van der Waals surface area contributed by atoms with Crippen LogP contribution in [0.1, 0.15) is 40.5 Å². The smallest absolute Gasteiger partial charge is 0.311 e. The largest absolute Gasteiger partial charge is 0.461 e. The van der Waals surface area contributed by atoms with E-state index in [1.165, 1.54) is 11.8 Å². The molecule has 7 atom stereocenters. The third kappa shape index (κ3) is 3.17. The van der Waals surface area contributed by atoms with Gasteiger partial charge in [0.2, 0.25) is 11.8 Å². The summed E-state index contributed by atoms with van der Waals surface area (Å²) in [5.41, 5.74) is 0. The molecule has 4 heterocycles. The second kappa shape index (κ2) is 7.96. The molecule has 0 aromatic rings. The highest BCUT2D eigenvalue weighted by Crippen LogP contribution is 2.65. The number of esters is 1. The van der Waals surface area contributed by atoms with E-state index < -0.39 is 39.4 Å². The predicted octanol–water partition coefficient (Wildman–Crippen LogP) is 1.75. The summed E-state index contributed by atoms with van der Waals surface area (Å²) in [6.45, 7) is 8.26. The third-order valence-electron chi connectivity index (χ3n) is 7.26. The van der Waals surface area contributed by atoms with Crippen LogP contribution in [-0.4, -0.2) is 80.1 Å². The lowest BCUT2D eigenvalue weighted by Crippen LogP contribution is -2.57. The summed E-state index contributed by atoms with van der Waals surface area (Å²) < 4.78 is 3.89. The number of fused-ring (bicyclic) bond motifs is 2. The van der Waals surface area contributed by atoms with Crippen LogP contribution in [0.4, 0.5) is 0 Å². The Hall–Kier alpha value is -1.80. The standard InChI is InChI=1S/C23H32N2O5S/c1-5-8-14(2)24-11-6-10-23-16(17-21(29)30-12-7-9-22(17,4)31-23)19(27)25(15(3)13-26)18(23)20(24)28/h6-7,9-10,14-18,26H,5,8,11-13H2,1-4H3/t14?,15-,16+,17+,18?,22-,23+/m1/s1. The summed E-state index contributed by atoms with van der Waals surface area (Å²) in [5.74, 6) is -2.14. The van der Waals surface area contributed by atoms with Gasteiger partial charge in [-0.05, 0) is 33.3 Å². The number of amides is 2. The van der Waals surface area contributed by atoms with Gasteiger partial charge in [0.15, 0.2) is 0 Å². The lowest BCUT2D eigenvalue weighted by atomic mass is 9.75. The third-order valence-corrected chi connectivity index (χ3v) is 9.06. The molecule has 0 radical (unpaired) electrons. The number of cyclic esters (lactones) is 1. The minimum atomic E-state index is -0.877. The van der Waals surface area contributed by atoms with E-state index in [0.717, 1.165) is 12.8 Å². The lowest BCUT2D eigenvalue weighted by molar-refractivity contribution is -0.153. The molecule has 1 spiro atoms. The molecule has 2 saturated heterocycles. The Kier molecular flexibility index (Phi) is 5.75. The van der Waals surface area contributed by atoms with E-state index in [2.05, 4.69) is 6.92 Å². The second-order valence-electron chi connectivity index (χ2n) is 9.34. The number of thioether (sulfide) groups is 1. The fourth-order valence-corrected chi connectivity index (χ4v) is 7.98. The van der Waals surface area contributed by atoms with Crippen LogP contribution in [0.2, 0.25) is 0 Å². The quantitative estimate of drug-likeness (QED) is 0.509. The van der Waals surface area contributed by atoms with E-state index in [4.69, 9.17) is 4.74 Å². The number of carbonyl (C=O) groups excluding carboxylic acids is 3. The molecule has 7 nitrogen and oxygen atoms in total. The molecule has 0 saturated carbocycles. The zero-order valence-electron chi connectivity index (χ0n) is 18.6. The van der Waals surface area contributed by atoms with Crippen molar-refractivity contribution in [2.45, 2.75) is 68.2 Å². The number of ether oxygens (including phenoxy) is 1. The molecule has 170 valence electrons. The summed E-state index contributed by atoms with van der Waals surface area (Å²) >= 11 is 1.53. The molecule has 2 amide bonds. The maximum Gasteiger partial charge on any atom is 0.311 e. The van der Waals surface area contributed by atoms with Crippen LogP contribution >= 0.6 is 11.8 Å². The molecule has 2 fully saturated rings. The van der Waals surface area contributed by atoms with E-state index in [-0.39, 0.29) is 31.1 Å². The Morgan fingerprint density at radius 1 is 1.16 bits per heavy atom. The van der Waals surface area contributed by atoms with Crippen molar-refractivity contribution in [3.05, 3.63) is 24.3 Å². The van der Waals surface area contributed by atoms with Crippen LogP contribution in [-0.2, 0) is 19.1 Å². The van der Waals surface area contributed by atoms with Crippen molar-refractivity contribution < 1.29 is 24.2 Å². The first-order valence-corrected chi connectivity index (χ1v) is 12.0. The topological polar surface area (TPSA) is 87.2 Å². The van der Waals surface area contributed by atoms with Crippen LogP contribution in [0.15, 0.2) is 24.3 Å². The number of aliphatic hydroxyl groups excluding tert-OH is 1. The van der Waals surface area contributed by atoms with Gasteiger partial charge in [-0.3, -0.25) is 14.4 Å². The van der Waals surface area contributed by atoms with Gasteiger partial charge in [-0.2, -0.15) is 0 Å². The average Bonchev–Trinajstić information content (AvgIpc) is 2.99. The van der Waals surface area contributed by atoms with Gasteiger partial charge in [-0.25, -0.2) is 0 Å². The fourth-order valence-electron chi connectivity index (χ4n) is 5.84. The molecule has 8 heteroatoms. The predicted molar refractivity (Wildman–Crippen MR) is 118 cm³/mol. The first-order chi connectivity index (χ1) is 14.7. The zero-order valence-corrected chi connectivity index (χ0v) is 19.4. The van der Waals surface area contributed by atoms with Gasteiger partial charge in [-0.1, -0.05) is 31.6 Å². The zero-order chi connectivity index (χ0) is 22.6. The van der Waals surface area contributed by atoms with Crippen LogP contribution in [0.25, 0.3) is 0 Å². The van der Waals surface area contributed by atoms with Crippen molar-refractivity contribution in [3.8, 4) is 0 Å². The highest BCUT2D eigenvalue weighted by Gasteiger charge is 2.74. The molecular weight excluding hydrogens is 416 g/mol. The maximum absolute atomic E-state index is 14.0. The van der Waals surface area contributed by atoms with E-state index in [9.17, 15) is 19.5 Å². The molecule has 1 N–H and O–H groups in total. The molecule has 0 aromatic heterocycles. The summed E-state index contributed by atoms with van der Waals surface area (Å²) in [4.78, 5) is 44.2. The first kappa shape index (κ1) is 22.4. The number of hydrogen-bond donors (Lipinski definition) is 1. The number of aliphatic hydroxyl groups is 1. The Bertz CT molecular complexity index is 844. The van der Waals surface area contributed by atoms with Crippen molar-refractivity contribution in [2.24, 2.45) is 11.8 Å². The number of rotatable bonds is 5. The Labute approximate surface area is 187 Å². The van der Waals surface area contributed by atoms with Gasteiger partial charge >= 0.3 is 5.97 Å². The minimum Gasteiger partial charge on any atom is -0.461 e. The number of likely N-dealkylation sites (tertiary alicyclic amines) is 1. The van der Waals surface area contributed by atoms with Gasteiger partial charge in [-0.15, -0.1) is 11.8 Å². The molecule has 4 rings (SSSR count). The molecule has 4 aliphatic rings. The first-order valence-electron chi connectivity index (χ1n) is 11.2. The van der Waals surface area contributed by atoms with Crippen molar-refractivity contribution in [1.29, 1.82) is 0 Å². The number of carbonyl (C=O) groups is 3. The lowest BCUT2D eigenvalue weighted by Gasteiger charge is -2.40. The molecular formula is C23H32N2O5S. The van der Waals surface area contributed by atoms with Crippen LogP contribution < -0.4 is 0 Å². The summed E-state index contributed by atoms with van der Waals surface area (Å²) in [6, 6.07) is -1.25. The van der Waals surface area contributed by atoms with Crippen LogP contribution in [0.5, 0.6) is 0 Å². The normalized spacial score (nSPS) is 38.9. The van der Waals surface area contributed by atoms with Crippen molar-refractivity contribution in [1.82, 2.24) is 9.80 Å². The van der Waals surface area contributed by atoms with E-state index in [1.807, 2.05) is 43.1 Å². The van der Waals surface area contributed by atoms with Gasteiger partial charge in [0.1, 0.15) is 12.6 Å². The molecule has 0 aliphatic carbocycles. The molecule has 0 aromatic carbocycles. The highest BCUT2D eigenvalue weighted by atomic mass is 32.2. The van der Waals surface area contributed by atoms with E-state index in [1.54, 1.807) is 11.8 Å². The van der Waals surface area contributed by atoms with E-state index >= 15 is 0 Å². The van der Waals surface area contributed by atoms with Gasteiger partial charge < -0.3 is 19.6 Å². The highest BCUT2D eigenvalue weighted by molar-refractivity contribution is 8.02. The van der Waals surface area contributed by atoms with Crippen LogP contribution in [0, 0.1) is 11.8 Å². The Balaban J connectivity index is 1.87. The van der Waals surface area contributed by atoms with Crippen molar-refractivity contribution in [3.63, 3.8) is 0 Å². The SMILES string of the molecule is CCCC(C)N1CC=C[C@]23S[C@]4(C)C=CCOC(=O)[C@@H]4[C@H]2C(=O)N([C@H](C)CO)C3C1=O. The average molecular weight is 449 g/mol. The van der Waals surface area contributed by atoms with Crippen molar-refractivity contribution >= 4 is 29.5 Å². The summed E-state index contributed by atoms with van der Waals surface area (Å²) in [5, 5.41) is 9.91. The van der Waals surface area contributed by atoms with Gasteiger partial charge in [0, 0.05) is 17.3 Å². The second-order valence-corrected chi connectivity index (χ2v) is 11.1. The fraction of sp³-hybridized carbons (Fsp3) is 0.696. The van der Waals surface area contributed by atoms with E-state index in [0.29, 0.717) is 6.54 Å². The number of nitrogens with zero attached hydrogens (tertiary/aromatic N) is 2. The van der Waals surface area contributed by atoms with Crippen LogP contribution in [0.3, 0.4) is 0 Å². The molecule has 2 unspecified atom stereocenters. The molecule has 31 heavy (non-hydrogen) atoms. The van der Waals surface area contributed by atoms with Gasteiger partial charge in [0.25, 0.3) is 0 Å². The molecule has 4 aliphatic heterocycles. The Morgan fingerprint density at radius 3 is 2.58 bits per heavy atom.